The number of rotatable bonds is 6. The molecule has 0 saturated heterocycles. The van der Waals surface area contributed by atoms with Crippen molar-refractivity contribution < 1.29 is 17.9 Å². The predicted molar refractivity (Wildman–Crippen MR) is 110 cm³/mol. The quantitative estimate of drug-likeness (QED) is 0.412. The summed E-state index contributed by atoms with van der Waals surface area (Å²) in [7, 11) is -3.99. The second-order valence-electron chi connectivity index (χ2n) is 5.71. The van der Waals surface area contributed by atoms with Crippen molar-refractivity contribution in [2.24, 2.45) is 0 Å². The minimum absolute atomic E-state index is 0.0595. The molecule has 0 fully saturated rings. The van der Waals surface area contributed by atoms with Crippen molar-refractivity contribution in [2.45, 2.75) is 4.90 Å². The Bertz CT molecular complexity index is 1070. The third kappa shape index (κ3) is 4.65. The van der Waals surface area contributed by atoms with E-state index >= 15 is 0 Å². The summed E-state index contributed by atoms with van der Waals surface area (Å²) in [6, 6.07) is 20.6. The van der Waals surface area contributed by atoms with Gasteiger partial charge in [-0.3, -0.25) is 4.31 Å². The van der Waals surface area contributed by atoms with E-state index in [9.17, 15) is 13.2 Å². The van der Waals surface area contributed by atoms with E-state index in [1.165, 1.54) is 24.3 Å². The van der Waals surface area contributed by atoms with Gasteiger partial charge in [-0.2, -0.15) is 0 Å². The molecule has 3 aromatic carbocycles. The zero-order valence-electron chi connectivity index (χ0n) is 14.5. The van der Waals surface area contributed by atoms with Crippen molar-refractivity contribution in [1.82, 2.24) is 0 Å². The molecule has 28 heavy (non-hydrogen) atoms. The Hall–Kier alpha value is -2.54. The second kappa shape index (κ2) is 8.65. The Morgan fingerprint density at radius 3 is 2.14 bits per heavy atom. The van der Waals surface area contributed by atoms with Gasteiger partial charge in [-0.15, -0.1) is 0 Å². The predicted octanol–water partition coefficient (Wildman–Crippen LogP) is 4.79. The van der Waals surface area contributed by atoms with Gasteiger partial charge >= 0.3 is 5.97 Å². The number of benzene rings is 3. The maximum absolute atomic E-state index is 13.1. The molecule has 3 aromatic rings. The van der Waals surface area contributed by atoms with Gasteiger partial charge in [0, 0.05) is 11.1 Å². The summed E-state index contributed by atoms with van der Waals surface area (Å²) in [5.41, 5.74) is 0.334. The highest BCUT2D eigenvalue weighted by molar-refractivity contribution is 7.92. The Kier molecular flexibility index (Phi) is 6.24. The van der Waals surface area contributed by atoms with E-state index in [0.29, 0.717) is 10.7 Å². The van der Waals surface area contributed by atoms with Crippen LogP contribution in [0.4, 0.5) is 5.69 Å². The number of ether oxygens (including phenoxy) is 1. The smallest absolute Gasteiger partial charge is 0.332 e. The van der Waals surface area contributed by atoms with Crippen LogP contribution in [0.3, 0.4) is 0 Å². The average Bonchev–Trinajstić information content (AvgIpc) is 2.70. The van der Waals surface area contributed by atoms with Crippen LogP contribution in [0.2, 0.25) is 10.0 Å². The highest BCUT2D eigenvalue weighted by atomic mass is 35.5. The van der Waals surface area contributed by atoms with E-state index in [1.54, 1.807) is 54.6 Å². The second-order valence-corrected chi connectivity index (χ2v) is 8.42. The summed E-state index contributed by atoms with van der Waals surface area (Å²) in [5, 5.41) is 0.527. The normalized spacial score (nSPS) is 11.1. The first kappa shape index (κ1) is 20.2. The summed E-state index contributed by atoms with van der Waals surface area (Å²) < 4.78 is 32.5. The summed E-state index contributed by atoms with van der Waals surface area (Å²) in [5.74, 6) is -0.739. The molecule has 0 heterocycles. The molecule has 0 saturated carbocycles. The number of nitrogens with zero attached hydrogens (tertiary/aromatic N) is 1. The topological polar surface area (TPSA) is 63.7 Å². The highest BCUT2D eigenvalue weighted by Crippen LogP contribution is 2.28. The summed E-state index contributed by atoms with van der Waals surface area (Å²) in [6.45, 7) is -0.538. The molecule has 0 aliphatic rings. The standard InChI is InChI=1S/C20H15Cl2NO4S/c21-15-11-12-18(22)19(13-15)27-20(24)14-23(16-7-3-1-4-8-16)28(25,26)17-9-5-2-6-10-17/h1-13H,14H2. The number of sulfonamides is 1. The molecule has 0 aromatic heterocycles. The van der Waals surface area contributed by atoms with Crippen LogP contribution in [-0.2, 0) is 14.8 Å². The molecule has 0 N–H and O–H groups in total. The minimum Gasteiger partial charge on any atom is -0.424 e. The third-order valence-corrected chi connectivity index (χ3v) is 6.10. The van der Waals surface area contributed by atoms with Crippen molar-refractivity contribution in [1.29, 1.82) is 0 Å². The summed E-state index contributed by atoms with van der Waals surface area (Å²) >= 11 is 11.9. The van der Waals surface area contributed by atoms with E-state index in [1.807, 2.05) is 0 Å². The monoisotopic (exact) mass is 435 g/mol. The van der Waals surface area contributed by atoms with E-state index in [-0.39, 0.29) is 15.7 Å². The van der Waals surface area contributed by atoms with Crippen LogP contribution in [-0.4, -0.2) is 20.9 Å². The minimum atomic E-state index is -3.99. The third-order valence-electron chi connectivity index (χ3n) is 3.77. The van der Waals surface area contributed by atoms with Crippen molar-refractivity contribution in [2.75, 3.05) is 10.8 Å². The van der Waals surface area contributed by atoms with Gasteiger partial charge in [-0.25, -0.2) is 13.2 Å². The van der Waals surface area contributed by atoms with Crippen LogP contribution in [0.5, 0.6) is 5.75 Å². The number of carbonyl (C=O) groups is 1. The fourth-order valence-corrected chi connectivity index (χ4v) is 4.20. The number of hydrogen-bond acceptors (Lipinski definition) is 4. The molecule has 8 heteroatoms. The Balaban J connectivity index is 1.92. The molecular formula is C20H15Cl2NO4S. The highest BCUT2D eigenvalue weighted by Gasteiger charge is 2.28. The lowest BCUT2D eigenvalue weighted by Crippen LogP contribution is -2.37. The molecule has 5 nitrogen and oxygen atoms in total. The number of halogens is 2. The molecule has 0 spiro atoms. The molecule has 0 unspecified atom stereocenters. The maximum Gasteiger partial charge on any atom is 0.332 e. The fourth-order valence-electron chi connectivity index (χ4n) is 2.46. The molecule has 0 atom stereocenters. The van der Waals surface area contributed by atoms with Crippen LogP contribution < -0.4 is 9.04 Å². The molecule has 0 bridgehead atoms. The Morgan fingerprint density at radius 1 is 0.893 bits per heavy atom. The summed E-state index contributed by atoms with van der Waals surface area (Å²) in [6.07, 6.45) is 0. The van der Waals surface area contributed by atoms with Crippen LogP contribution in [0.15, 0.2) is 83.8 Å². The molecule has 3 rings (SSSR count). The molecule has 0 aliphatic heterocycles. The van der Waals surface area contributed by atoms with Gasteiger partial charge in [0.15, 0.2) is 5.75 Å². The lowest BCUT2D eigenvalue weighted by molar-refractivity contribution is -0.132. The van der Waals surface area contributed by atoms with Crippen molar-refractivity contribution in [3.63, 3.8) is 0 Å². The van der Waals surface area contributed by atoms with Gasteiger partial charge in [0.2, 0.25) is 0 Å². The van der Waals surface area contributed by atoms with Gasteiger partial charge < -0.3 is 4.74 Å². The van der Waals surface area contributed by atoms with Crippen molar-refractivity contribution in [3.05, 3.63) is 88.9 Å². The van der Waals surface area contributed by atoms with Gasteiger partial charge in [-0.05, 0) is 36.4 Å². The van der Waals surface area contributed by atoms with E-state index < -0.39 is 22.5 Å². The van der Waals surface area contributed by atoms with E-state index in [0.717, 1.165) is 4.31 Å². The van der Waals surface area contributed by atoms with Crippen LogP contribution >= 0.6 is 23.2 Å². The lowest BCUT2D eigenvalue weighted by Gasteiger charge is -2.23. The van der Waals surface area contributed by atoms with Crippen LogP contribution in [0.25, 0.3) is 0 Å². The number of para-hydroxylation sites is 1. The first-order valence-corrected chi connectivity index (χ1v) is 10.4. The molecular weight excluding hydrogens is 421 g/mol. The number of esters is 1. The molecule has 0 aliphatic carbocycles. The fraction of sp³-hybridized carbons (Fsp3) is 0.0500. The molecule has 0 amide bonds. The van der Waals surface area contributed by atoms with Crippen molar-refractivity contribution >= 4 is 44.9 Å². The maximum atomic E-state index is 13.1. The lowest BCUT2D eigenvalue weighted by atomic mass is 10.3. The van der Waals surface area contributed by atoms with Gasteiger partial charge in [0.1, 0.15) is 6.54 Å². The zero-order valence-corrected chi connectivity index (χ0v) is 16.8. The summed E-state index contributed by atoms with van der Waals surface area (Å²) in [4.78, 5) is 12.6. The Labute approximate surface area is 173 Å². The largest absolute Gasteiger partial charge is 0.424 e. The van der Waals surface area contributed by atoms with Crippen molar-refractivity contribution in [3.8, 4) is 5.75 Å². The molecule has 144 valence electrons. The Morgan fingerprint density at radius 2 is 1.50 bits per heavy atom. The number of anilines is 1. The first-order chi connectivity index (χ1) is 13.4. The number of carbonyl (C=O) groups excluding carboxylic acids is 1. The van der Waals surface area contributed by atoms with Gasteiger partial charge in [0.05, 0.1) is 15.6 Å². The number of hydrogen-bond donors (Lipinski definition) is 0. The van der Waals surface area contributed by atoms with E-state index in [4.69, 9.17) is 27.9 Å². The first-order valence-electron chi connectivity index (χ1n) is 8.16. The van der Waals surface area contributed by atoms with E-state index in [2.05, 4.69) is 0 Å². The van der Waals surface area contributed by atoms with Crippen LogP contribution in [0.1, 0.15) is 0 Å². The van der Waals surface area contributed by atoms with Crippen LogP contribution in [0, 0.1) is 0 Å². The zero-order chi connectivity index (χ0) is 20.1. The average molecular weight is 436 g/mol. The SMILES string of the molecule is O=C(CN(c1ccccc1)S(=O)(=O)c1ccccc1)Oc1cc(Cl)ccc1Cl. The van der Waals surface area contributed by atoms with Gasteiger partial charge in [0.25, 0.3) is 10.0 Å². The van der Waals surface area contributed by atoms with Gasteiger partial charge in [-0.1, -0.05) is 59.6 Å². The molecule has 0 radical (unpaired) electrons.